The molecule has 1 aliphatic rings. The van der Waals surface area contributed by atoms with Crippen LogP contribution in [-0.4, -0.2) is 30.6 Å². The highest BCUT2D eigenvalue weighted by molar-refractivity contribution is 7.13. The lowest BCUT2D eigenvalue weighted by molar-refractivity contribution is -0.120. The van der Waals surface area contributed by atoms with Crippen LogP contribution in [0.1, 0.15) is 36.6 Å². The van der Waals surface area contributed by atoms with Crippen molar-refractivity contribution < 1.29 is 4.79 Å². The van der Waals surface area contributed by atoms with Crippen molar-refractivity contribution in [2.45, 2.75) is 45.2 Å². The van der Waals surface area contributed by atoms with E-state index in [-0.39, 0.29) is 12.3 Å². The number of thiazole rings is 1. The molecule has 0 aromatic carbocycles. The number of carbonyl (C=O) groups is 1. The molecule has 4 rings (SSSR count). The van der Waals surface area contributed by atoms with Crippen molar-refractivity contribution in [2.75, 3.05) is 0 Å². The summed E-state index contributed by atoms with van der Waals surface area (Å²) < 4.78 is 2.15. The molecule has 1 amide bonds. The second-order valence-electron chi connectivity index (χ2n) is 6.33. The van der Waals surface area contributed by atoms with E-state index in [2.05, 4.69) is 30.0 Å². The van der Waals surface area contributed by atoms with Crippen LogP contribution in [-0.2, 0) is 30.7 Å². The second kappa shape index (κ2) is 7.74. The summed E-state index contributed by atoms with van der Waals surface area (Å²) in [5, 5.41) is 14.2. The van der Waals surface area contributed by atoms with E-state index in [1.807, 2.05) is 17.5 Å². The van der Waals surface area contributed by atoms with Gasteiger partial charge in [-0.15, -0.1) is 21.5 Å². The van der Waals surface area contributed by atoms with Crippen molar-refractivity contribution in [1.82, 2.24) is 30.0 Å². The molecule has 26 heavy (non-hydrogen) atoms. The number of pyridine rings is 1. The number of fused-ring (bicyclic) bond motifs is 1. The van der Waals surface area contributed by atoms with Crippen molar-refractivity contribution in [3.63, 3.8) is 0 Å². The van der Waals surface area contributed by atoms with Crippen LogP contribution in [0.3, 0.4) is 0 Å². The van der Waals surface area contributed by atoms with Crippen LogP contribution in [0.2, 0.25) is 0 Å². The largest absolute Gasteiger partial charge is 0.348 e. The average molecular weight is 368 g/mol. The average Bonchev–Trinajstić information content (AvgIpc) is 3.21. The van der Waals surface area contributed by atoms with E-state index < -0.39 is 0 Å². The third kappa shape index (κ3) is 3.80. The zero-order valence-electron chi connectivity index (χ0n) is 14.4. The number of hydrogen-bond acceptors (Lipinski definition) is 6. The molecule has 8 heteroatoms. The van der Waals surface area contributed by atoms with Gasteiger partial charge in [-0.05, 0) is 25.0 Å². The maximum atomic E-state index is 12.3. The number of hydrogen-bond donors (Lipinski definition) is 1. The van der Waals surface area contributed by atoms with Crippen molar-refractivity contribution in [3.8, 4) is 10.6 Å². The zero-order chi connectivity index (χ0) is 17.8. The fourth-order valence-electron chi connectivity index (χ4n) is 3.09. The molecule has 3 aromatic rings. The molecule has 1 N–H and O–H groups in total. The molecule has 0 saturated heterocycles. The summed E-state index contributed by atoms with van der Waals surface area (Å²) in [6.07, 6.45) is 8.26. The van der Waals surface area contributed by atoms with Gasteiger partial charge in [-0.2, -0.15) is 0 Å². The Morgan fingerprint density at radius 1 is 1.27 bits per heavy atom. The normalized spacial score (nSPS) is 13.8. The molecule has 4 heterocycles. The standard InChI is InChI=1S/C18H20N6OS/c25-17(9-14-12-26-18(21-14)13-5-4-7-19-10-13)20-11-16-23-22-15-6-2-1-3-8-24(15)16/h4-5,7,10,12H,1-3,6,8-9,11H2,(H,20,25). The van der Waals surface area contributed by atoms with E-state index in [0.717, 1.165) is 53.7 Å². The topological polar surface area (TPSA) is 85.6 Å². The minimum absolute atomic E-state index is 0.0565. The van der Waals surface area contributed by atoms with Crippen LogP contribution < -0.4 is 5.32 Å². The first-order chi connectivity index (χ1) is 12.8. The summed E-state index contributed by atoms with van der Waals surface area (Å²) in [4.78, 5) is 20.9. The Hall–Kier alpha value is -2.61. The minimum Gasteiger partial charge on any atom is -0.348 e. The van der Waals surface area contributed by atoms with Gasteiger partial charge in [0.05, 0.1) is 18.7 Å². The Morgan fingerprint density at radius 3 is 3.12 bits per heavy atom. The van der Waals surface area contributed by atoms with E-state index in [1.54, 1.807) is 12.4 Å². The second-order valence-corrected chi connectivity index (χ2v) is 7.19. The predicted octanol–water partition coefficient (Wildman–Crippen LogP) is 2.38. The molecule has 0 bridgehead atoms. The summed E-state index contributed by atoms with van der Waals surface area (Å²) in [7, 11) is 0. The smallest absolute Gasteiger partial charge is 0.226 e. The molecule has 1 aliphatic heterocycles. The molecule has 0 fully saturated rings. The third-order valence-corrected chi connectivity index (χ3v) is 5.37. The molecule has 134 valence electrons. The number of aromatic nitrogens is 5. The van der Waals surface area contributed by atoms with Crippen molar-refractivity contribution in [1.29, 1.82) is 0 Å². The van der Waals surface area contributed by atoms with Crippen LogP contribution >= 0.6 is 11.3 Å². The zero-order valence-corrected chi connectivity index (χ0v) is 15.2. The molecule has 0 saturated carbocycles. The molecule has 0 unspecified atom stereocenters. The van der Waals surface area contributed by atoms with Crippen molar-refractivity contribution in [2.24, 2.45) is 0 Å². The van der Waals surface area contributed by atoms with Gasteiger partial charge in [-0.3, -0.25) is 9.78 Å². The van der Waals surface area contributed by atoms with Gasteiger partial charge in [0.25, 0.3) is 0 Å². The van der Waals surface area contributed by atoms with Gasteiger partial charge in [0.1, 0.15) is 10.8 Å². The Kier molecular flexibility index (Phi) is 5.01. The molecule has 0 spiro atoms. The number of aryl methyl sites for hydroxylation is 1. The third-order valence-electron chi connectivity index (χ3n) is 4.43. The van der Waals surface area contributed by atoms with E-state index in [9.17, 15) is 4.79 Å². The highest BCUT2D eigenvalue weighted by atomic mass is 32.1. The Balaban J connectivity index is 1.35. The Bertz CT molecular complexity index is 888. The van der Waals surface area contributed by atoms with Gasteiger partial charge in [-0.1, -0.05) is 6.42 Å². The van der Waals surface area contributed by atoms with Crippen LogP contribution in [0.4, 0.5) is 0 Å². The predicted molar refractivity (Wildman–Crippen MR) is 98.5 cm³/mol. The molecule has 3 aromatic heterocycles. The number of amides is 1. The molecule has 0 radical (unpaired) electrons. The quantitative estimate of drug-likeness (QED) is 0.747. The number of nitrogens with zero attached hydrogens (tertiary/aromatic N) is 5. The molecule has 7 nitrogen and oxygen atoms in total. The fourth-order valence-corrected chi connectivity index (χ4v) is 3.90. The number of nitrogens with one attached hydrogen (secondary N) is 1. The molecule has 0 atom stereocenters. The lowest BCUT2D eigenvalue weighted by Crippen LogP contribution is -2.26. The number of rotatable bonds is 5. The van der Waals surface area contributed by atoms with Gasteiger partial charge < -0.3 is 9.88 Å². The molecule has 0 aliphatic carbocycles. The lowest BCUT2D eigenvalue weighted by atomic mass is 10.2. The summed E-state index contributed by atoms with van der Waals surface area (Å²) in [5.41, 5.74) is 1.74. The van der Waals surface area contributed by atoms with E-state index >= 15 is 0 Å². The molecular weight excluding hydrogens is 348 g/mol. The highest BCUT2D eigenvalue weighted by Gasteiger charge is 2.15. The maximum absolute atomic E-state index is 12.3. The monoisotopic (exact) mass is 368 g/mol. The van der Waals surface area contributed by atoms with Crippen LogP contribution in [0, 0.1) is 0 Å². The van der Waals surface area contributed by atoms with Crippen molar-refractivity contribution in [3.05, 3.63) is 47.2 Å². The van der Waals surface area contributed by atoms with E-state index in [4.69, 9.17) is 0 Å². The van der Waals surface area contributed by atoms with Crippen molar-refractivity contribution >= 4 is 17.2 Å². The number of carbonyl (C=O) groups excluding carboxylic acids is 1. The van der Waals surface area contributed by atoms with Crippen LogP contribution in [0.25, 0.3) is 10.6 Å². The van der Waals surface area contributed by atoms with Crippen LogP contribution in [0.15, 0.2) is 29.9 Å². The lowest BCUT2D eigenvalue weighted by Gasteiger charge is -2.07. The Labute approximate surface area is 155 Å². The summed E-state index contributed by atoms with van der Waals surface area (Å²) in [6, 6.07) is 3.84. The maximum Gasteiger partial charge on any atom is 0.226 e. The minimum atomic E-state index is -0.0565. The van der Waals surface area contributed by atoms with Gasteiger partial charge in [0.2, 0.25) is 5.91 Å². The molecular formula is C18H20N6OS. The first-order valence-electron chi connectivity index (χ1n) is 8.82. The van der Waals surface area contributed by atoms with E-state index in [0.29, 0.717) is 6.54 Å². The first-order valence-corrected chi connectivity index (χ1v) is 9.70. The van der Waals surface area contributed by atoms with Gasteiger partial charge in [0, 0.05) is 36.3 Å². The Morgan fingerprint density at radius 2 is 2.23 bits per heavy atom. The highest BCUT2D eigenvalue weighted by Crippen LogP contribution is 2.22. The summed E-state index contributed by atoms with van der Waals surface area (Å²) >= 11 is 1.52. The first kappa shape index (κ1) is 16.8. The van der Waals surface area contributed by atoms with E-state index in [1.165, 1.54) is 17.8 Å². The summed E-state index contributed by atoms with van der Waals surface area (Å²) in [6.45, 7) is 1.35. The van der Waals surface area contributed by atoms with Gasteiger partial charge >= 0.3 is 0 Å². The SMILES string of the molecule is O=C(Cc1csc(-c2cccnc2)n1)NCc1nnc2n1CCCCC2. The summed E-state index contributed by atoms with van der Waals surface area (Å²) in [5.74, 6) is 1.82. The van der Waals surface area contributed by atoms with Crippen LogP contribution in [0.5, 0.6) is 0 Å². The fraction of sp³-hybridized carbons (Fsp3) is 0.389. The van der Waals surface area contributed by atoms with Gasteiger partial charge in [-0.25, -0.2) is 4.98 Å². The van der Waals surface area contributed by atoms with Gasteiger partial charge in [0.15, 0.2) is 5.82 Å².